The number of carbonyl (C=O) groups excluding carboxylic acids is 1. The van der Waals surface area contributed by atoms with E-state index < -0.39 is 0 Å². The molecular formula is C19H21BrN2O3S. The number of hydrogen-bond donors (Lipinski definition) is 2. The molecule has 0 spiro atoms. The minimum Gasteiger partial charge on any atom is -0.494 e. The van der Waals surface area contributed by atoms with Gasteiger partial charge in [-0.3, -0.25) is 10.1 Å². The van der Waals surface area contributed by atoms with E-state index in [1.165, 1.54) is 0 Å². The van der Waals surface area contributed by atoms with Crippen LogP contribution in [-0.2, 0) is 0 Å². The van der Waals surface area contributed by atoms with Gasteiger partial charge in [-0.1, -0.05) is 6.07 Å². The van der Waals surface area contributed by atoms with Gasteiger partial charge in [0.05, 0.1) is 17.2 Å². The van der Waals surface area contributed by atoms with E-state index in [1.54, 1.807) is 18.2 Å². The molecule has 138 valence electrons. The van der Waals surface area contributed by atoms with Crippen molar-refractivity contribution in [1.29, 1.82) is 0 Å². The van der Waals surface area contributed by atoms with Crippen molar-refractivity contribution in [2.24, 2.45) is 0 Å². The third kappa shape index (κ3) is 6.00. The van der Waals surface area contributed by atoms with Crippen LogP contribution in [0, 0.1) is 0 Å². The number of amides is 1. The SMILES string of the molecule is CCOc1cccc(NC(=S)NC(=O)c2ccc(OC(C)C)c(Br)c2)c1. The maximum atomic E-state index is 12.4. The molecule has 2 N–H and O–H groups in total. The Labute approximate surface area is 167 Å². The number of anilines is 1. The van der Waals surface area contributed by atoms with E-state index >= 15 is 0 Å². The fourth-order valence-electron chi connectivity index (χ4n) is 2.16. The molecule has 0 aliphatic heterocycles. The summed E-state index contributed by atoms with van der Waals surface area (Å²) in [4.78, 5) is 12.4. The van der Waals surface area contributed by atoms with E-state index in [2.05, 4.69) is 26.6 Å². The van der Waals surface area contributed by atoms with E-state index in [9.17, 15) is 4.79 Å². The van der Waals surface area contributed by atoms with Crippen LogP contribution in [0.1, 0.15) is 31.1 Å². The quantitative estimate of drug-likeness (QED) is 0.639. The second-order valence-electron chi connectivity index (χ2n) is 5.68. The van der Waals surface area contributed by atoms with Crippen molar-refractivity contribution >= 4 is 44.9 Å². The van der Waals surface area contributed by atoms with Crippen molar-refractivity contribution in [3.8, 4) is 11.5 Å². The van der Waals surface area contributed by atoms with Crippen LogP contribution >= 0.6 is 28.1 Å². The number of nitrogens with one attached hydrogen (secondary N) is 2. The van der Waals surface area contributed by atoms with Gasteiger partial charge in [0.1, 0.15) is 11.5 Å². The minimum absolute atomic E-state index is 0.0511. The summed E-state index contributed by atoms with van der Waals surface area (Å²) in [6.07, 6.45) is 0.0511. The highest BCUT2D eigenvalue weighted by atomic mass is 79.9. The molecule has 0 bridgehead atoms. The van der Waals surface area contributed by atoms with Crippen molar-refractivity contribution in [3.05, 3.63) is 52.5 Å². The molecule has 0 atom stereocenters. The van der Waals surface area contributed by atoms with Crippen LogP contribution < -0.4 is 20.1 Å². The number of benzene rings is 2. The highest BCUT2D eigenvalue weighted by Crippen LogP contribution is 2.27. The monoisotopic (exact) mass is 436 g/mol. The van der Waals surface area contributed by atoms with Gasteiger partial charge in [0.2, 0.25) is 0 Å². The molecule has 0 radical (unpaired) electrons. The van der Waals surface area contributed by atoms with Crippen LogP contribution in [-0.4, -0.2) is 23.7 Å². The first-order valence-corrected chi connectivity index (χ1v) is 9.40. The van der Waals surface area contributed by atoms with Crippen LogP contribution in [0.15, 0.2) is 46.9 Å². The second kappa shape index (κ2) is 9.54. The van der Waals surface area contributed by atoms with E-state index in [-0.39, 0.29) is 17.1 Å². The molecular weight excluding hydrogens is 416 g/mol. The van der Waals surface area contributed by atoms with Crippen molar-refractivity contribution in [1.82, 2.24) is 5.32 Å². The van der Waals surface area contributed by atoms with Gasteiger partial charge in [-0.25, -0.2) is 0 Å². The number of ether oxygens (including phenoxy) is 2. The van der Waals surface area contributed by atoms with Crippen molar-refractivity contribution < 1.29 is 14.3 Å². The van der Waals surface area contributed by atoms with E-state index in [1.807, 2.05) is 45.0 Å². The molecule has 5 nitrogen and oxygen atoms in total. The van der Waals surface area contributed by atoms with Crippen LogP contribution in [0.3, 0.4) is 0 Å². The van der Waals surface area contributed by atoms with Gasteiger partial charge in [0.25, 0.3) is 5.91 Å². The van der Waals surface area contributed by atoms with Crippen LogP contribution in [0.5, 0.6) is 11.5 Å². The standard InChI is InChI=1S/C19H21BrN2O3S/c1-4-24-15-7-5-6-14(11-15)21-19(26)22-18(23)13-8-9-17(16(20)10-13)25-12(2)3/h5-12H,4H2,1-3H3,(H2,21,22,23,26). The zero-order valence-electron chi connectivity index (χ0n) is 14.8. The summed E-state index contributed by atoms with van der Waals surface area (Å²) >= 11 is 8.63. The number of thiocarbonyl (C=S) groups is 1. The van der Waals surface area contributed by atoms with Gasteiger partial charge in [0, 0.05) is 17.3 Å². The second-order valence-corrected chi connectivity index (χ2v) is 6.94. The first kappa shape index (κ1) is 20.2. The predicted octanol–water partition coefficient (Wildman–Crippen LogP) is 4.76. The average molecular weight is 437 g/mol. The molecule has 2 aromatic rings. The largest absolute Gasteiger partial charge is 0.494 e. The lowest BCUT2D eigenvalue weighted by Crippen LogP contribution is -2.34. The van der Waals surface area contributed by atoms with Crippen LogP contribution in [0.2, 0.25) is 0 Å². The van der Waals surface area contributed by atoms with E-state index in [4.69, 9.17) is 21.7 Å². The zero-order valence-corrected chi connectivity index (χ0v) is 17.2. The Bertz CT molecular complexity index is 796. The van der Waals surface area contributed by atoms with Gasteiger partial charge in [0.15, 0.2) is 5.11 Å². The van der Waals surface area contributed by atoms with Crippen molar-refractivity contribution in [2.45, 2.75) is 26.9 Å². The highest BCUT2D eigenvalue weighted by molar-refractivity contribution is 9.10. The fraction of sp³-hybridized carbons (Fsp3) is 0.263. The minimum atomic E-state index is -0.305. The Morgan fingerprint density at radius 1 is 1.23 bits per heavy atom. The Morgan fingerprint density at radius 2 is 2.00 bits per heavy atom. The van der Waals surface area contributed by atoms with Gasteiger partial charge < -0.3 is 14.8 Å². The summed E-state index contributed by atoms with van der Waals surface area (Å²) in [5.41, 5.74) is 1.21. The normalized spacial score (nSPS) is 10.3. The number of halogens is 1. The van der Waals surface area contributed by atoms with E-state index in [0.29, 0.717) is 22.4 Å². The predicted molar refractivity (Wildman–Crippen MR) is 111 cm³/mol. The smallest absolute Gasteiger partial charge is 0.257 e. The third-order valence-electron chi connectivity index (χ3n) is 3.19. The molecule has 0 aliphatic carbocycles. The number of carbonyl (C=O) groups is 1. The van der Waals surface area contributed by atoms with Crippen molar-refractivity contribution in [2.75, 3.05) is 11.9 Å². The Morgan fingerprint density at radius 3 is 2.65 bits per heavy atom. The molecule has 2 rings (SSSR count). The molecule has 7 heteroatoms. The Balaban J connectivity index is 1.99. The molecule has 0 unspecified atom stereocenters. The molecule has 0 heterocycles. The lowest BCUT2D eigenvalue weighted by molar-refractivity contribution is 0.0977. The lowest BCUT2D eigenvalue weighted by atomic mass is 10.2. The van der Waals surface area contributed by atoms with Gasteiger partial charge in [-0.05, 0) is 79.3 Å². The van der Waals surface area contributed by atoms with Gasteiger partial charge in [-0.15, -0.1) is 0 Å². The fourth-order valence-corrected chi connectivity index (χ4v) is 2.84. The Hall–Kier alpha value is -2.12. The average Bonchev–Trinajstić information content (AvgIpc) is 2.56. The molecule has 0 saturated carbocycles. The molecule has 0 aliphatic rings. The summed E-state index contributed by atoms with van der Waals surface area (Å²) in [7, 11) is 0. The highest BCUT2D eigenvalue weighted by Gasteiger charge is 2.12. The lowest BCUT2D eigenvalue weighted by Gasteiger charge is -2.13. The summed E-state index contributed by atoms with van der Waals surface area (Å²) in [6.45, 7) is 6.38. The summed E-state index contributed by atoms with van der Waals surface area (Å²) in [5, 5.41) is 5.85. The molecule has 1 amide bonds. The maximum Gasteiger partial charge on any atom is 0.257 e. The first-order chi connectivity index (χ1) is 12.4. The summed E-state index contributed by atoms with van der Waals surface area (Å²) in [6, 6.07) is 12.5. The van der Waals surface area contributed by atoms with Crippen molar-refractivity contribution in [3.63, 3.8) is 0 Å². The molecule has 0 fully saturated rings. The topological polar surface area (TPSA) is 59.6 Å². The van der Waals surface area contributed by atoms with Crippen LogP contribution in [0.25, 0.3) is 0 Å². The van der Waals surface area contributed by atoms with Gasteiger partial charge >= 0.3 is 0 Å². The Kier molecular flexibility index (Phi) is 7.41. The maximum absolute atomic E-state index is 12.4. The van der Waals surface area contributed by atoms with Crippen LogP contribution in [0.4, 0.5) is 5.69 Å². The van der Waals surface area contributed by atoms with E-state index in [0.717, 1.165) is 11.4 Å². The molecule has 0 aromatic heterocycles. The summed E-state index contributed by atoms with van der Waals surface area (Å²) < 4.78 is 11.8. The number of hydrogen-bond acceptors (Lipinski definition) is 4. The zero-order chi connectivity index (χ0) is 19.1. The molecule has 2 aromatic carbocycles. The summed E-state index contributed by atoms with van der Waals surface area (Å²) in [5.74, 6) is 1.11. The molecule has 0 saturated heterocycles. The molecule has 26 heavy (non-hydrogen) atoms. The first-order valence-electron chi connectivity index (χ1n) is 8.20. The number of rotatable bonds is 6. The van der Waals surface area contributed by atoms with Gasteiger partial charge in [-0.2, -0.15) is 0 Å². The third-order valence-corrected chi connectivity index (χ3v) is 4.01.